The zero-order valence-electron chi connectivity index (χ0n) is 18.5. The lowest BCUT2D eigenvalue weighted by molar-refractivity contribution is -0.143. The third-order valence-electron chi connectivity index (χ3n) is 5.06. The van der Waals surface area contributed by atoms with Crippen molar-refractivity contribution in [3.8, 4) is 0 Å². The van der Waals surface area contributed by atoms with Crippen molar-refractivity contribution >= 4 is 29.6 Å². The Labute approximate surface area is 183 Å². The van der Waals surface area contributed by atoms with Crippen LogP contribution < -0.4 is 5.32 Å². The van der Waals surface area contributed by atoms with Gasteiger partial charge in [0, 0.05) is 17.4 Å². The Morgan fingerprint density at radius 1 is 0.933 bits per heavy atom. The second-order valence-corrected chi connectivity index (χ2v) is 9.44. The zero-order valence-corrected chi connectivity index (χ0v) is 19.3. The van der Waals surface area contributed by atoms with Crippen molar-refractivity contribution in [3.63, 3.8) is 0 Å². The molecule has 2 unspecified atom stereocenters. The first kappa shape index (κ1) is 26.0. The van der Waals surface area contributed by atoms with Crippen molar-refractivity contribution in [1.82, 2.24) is 5.32 Å². The first-order valence-corrected chi connectivity index (χ1v) is 11.4. The smallest absolute Gasteiger partial charge is 0.330 e. The number of allylic oxidation sites excluding steroid dienone is 5. The Kier molecular flexibility index (Phi) is 10.9. The van der Waals surface area contributed by atoms with E-state index in [4.69, 9.17) is 5.11 Å². The van der Waals surface area contributed by atoms with Crippen LogP contribution in [0, 0.1) is 0 Å². The van der Waals surface area contributed by atoms with Crippen LogP contribution in [-0.2, 0) is 14.4 Å². The van der Waals surface area contributed by atoms with Gasteiger partial charge in [-0.2, -0.15) is 11.8 Å². The van der Waals surface area contributed by atoms with Crippen LogP contribution in [0.15, 0.2) is 34.9 Å². The van der Waals surface area contributed by atoms with Gasteiger partial charge in [-0.1, -0.05) is 34.9 Å². The summed E-state index contributed by atoms with van der Waals surface area (Å²) in [5.41, 5.74) is 2.76. The fourth-order valence-electron chi connectivity index (χ4n) is 3.02. The fraction of sp³-hybridized carbons (Fsp3) is 0.609. The number of hydrogen-bond donors (Lipinski definition) is 3. The van der Waals surface area contributed by atoms with Crippen molar-refractivity contribution in [2.75, 3.05) is 5.75 Å². The lowest BCUT2D eigenvalue weighted by atomic mass is 10.1. The van der Waals surface area contributed by atoms with Crippen LogP contribution in [0.1, 0.15) is 72.6 Å². The molecule has 1 saturated carbocycles. The molecule has 0 radical (unpaired) electrons. The van der Waals surface area contributed by atoms with E-state index >= 15 is 0 Å². The minimum Gasteiger partial charge on any atom is -0.481 e. The number of rotatable bonds is 14. The molecular weight excluding hydrogens is 402 g/mol. The molecule has 0 saturated heterocycles. The first-order chi connectivity index (χ1) is 14.1. The number of carboxylic acid groups (broad SMARTS) is 2. The zero-order chi connectivity index (χ0) is 22.7. The third-order valence-corrected chi connectivity index (χ3v) is 6.39. The Balaban J connectivity index is 2.38. The minimum absolute atomic E-state index is 0.190. The lowest BCUT2D eigenvalue weighted by Gasteiger charge is -2.14. The highest BCUT2D eigenvalue weighted by Gasteiger charge is 2.61. The number of amides is 1. The second-order valence-electron chi connectivity index (χ2n) is 8.20. The van der Waals surface area contributed by atoms with Gasteiger partial charge >= 0.3 is 11.9 Å². The predicted octanol–water partition coefficient (Wildman–Crippen LogP) is 4.72. The van der Waals surface area contributed by atoms with Crippen LogP contribution in [0.3, 0.4) is 0 Å². The van der Waals surface area contributed by atoms with Gasteiger partial charge in [0.1, 0.15) is 0 Å². The van der Waals surface area contributed by atoms with Gasteiger partial charge in [-0.15, -0.1) is 0 Å². The maximum atomic E-state index is 11.8. The molecule has 0 bridgehead atoms. The molecule has 0 aliphatic heterocycles. The number of carbonyl (C=O) groups is 3. The summed E-state index contributed by atoms with van der Waals surface area (Å²) in [5, 5.41) is 20.5. The summed E-state index contributed by atoms with van der Waals surface area (Å²) in [6.07, 6.45) is 10.6. The van der Waals surface area contributed by atoms with E-state index in [1.54, 1.807) is 0 Å². The van der Waals surface area contributed by atoms with E-state index < -0.39 is 23.4 Å². The molecule has 1 aliphatic carbocycles. The topological polar surface area (TPSA) is 104 Å². The van der Waals surface area contributed by atoms with Gasteiger partial charge in [0.2, 0.25) is 5.91 Å². The number of hydrogen-bond acceptors (Lipinski definition) is 4. The molecule has 0 aromatic carbocycles. The summed E-state index contributed by atoms with van der Waals surface area (Å²) < 4.78 is 0. The summed E-state index contributed by atoms with van der Waals surface area (Å²) >= 11 is 1.52. The number of carboxylic acids is 2. The molecule has 1 amide bonds. The molecule has 0 spiro atoms. The SMILES string of the molecule is CC(C)=CCC/C(C)=C/CC/C(C)=C/CSC1CC1(NC(=O)CCC(=O)O)C(=O)O. The second kappa shape index (κ2) is 12.6. The molecule has 168 valence electrons. The lowest BCUT2D eigenvalue weighted by Crippen LogP contribution is -2.45. The van der Waals surface area contributed by atoms with Gasteiger partial charge in [0.25, 0.3) is 0 Å². The molecule has 2 atom stereocenters. The van der Waals surface area contributed by atoms with E-state index in [2.05, 4.69) is 51.2 Å². The van der Waals surface area contributed by atoms with Crippen molar-refractivity contribution in [1.29, 1.82) is 0 Å². The van der Waals surface area contributed by atoms with Crippen molar-refractivity contribution in [2.45, 2.75) is 83.4 Å². The van der Waals surface area contributed by atoms with Gasteiger partial charge in [0.15, 0.2) is 5.54 Å². The van der Waals surface area contributed by atoms with E-state index in [0.717, 1.165) is 25.7 Å². The number of thioether (sulfide) groups is 1. The van der Waals surface area contributed by atoms with Crippen LogP contribution in [0.5, 0.6) is 0 Å². The van der Waals surface area contributed by atoms with Gasteiger partial charge in [-0.05, 0) is 59.8 Å². The van der Waals surface area contributed by atoms with Gasteiger partial charge in [-0.25, -0.2) is 4.79 Å². The van der Waals surface area contributed by atoms with Gasteiger partial charge in [-0.3, -0.25) is 9.59 Å². The van der Waals surface area contributed by atoms with Crippen LogP contribution in [-0.4, -0.2) is 44.6 Å². The van der Waals surface area contributed by atoms with E-state index in [1.165, 1.54) is 28.5 Å². The van der Waals surface area contributed by atoms with Crippen LogP contribution >= 0.6 is 11.8 Å². The number of aliphatic carboxylic acids is 2. The van der Waals surface area contributed by atoms with Gasteiger partial charge < -0.3 is 15.5 Å². The minimum atomic E-state index is -1.26. The normalized spacial score (nSPS) is 21.1. The van der Waals surface area contributed by atoms with Crippen LogP contribution in [0.4, 0.5) is 0 Å². The molecule has 0 aromatic heterocycles. The molecule has 1 fully saturated rings. The average Bonchev–Trinajstić information content (AvgIpc) is 3.33. The molecular formula is C23H35NO5S. The Morgan fingerprint density at radius 2 is 1.53 bits per heavy atom. The monoisotopic (exact) mass is 437 g/mol. The number of carbonyl (C=O) groups excluding carboxylic acids is 1. The molecule has 6 nitrogen and oxygen atoms in total. The maximum absolute atomic E-state index is 11.8. The summed E-state index contributed by atoms with van der Waals surface area (Å²) in [4.78, 5) is 34.0. The van der Waals surface area contributed by atoms with Crippen molar-refractivity contribution in [3.05, 3.63) is 34.9 Å². The van der Waals surface area contributed by atoms with Crippen molar-refractivity contribution < 1.29 is 24.6 Å². The summed E-state index contributed by atoms with van der Waals surface area (Å²) in [6.45, 7) is 8.47. The summed E-state index contributed by atoms with van der Waals surface area (Å²) in [6, 6.07) is 0. The molecule has 30 heavy (non-hydrogen) atoms. The number of nitrogens with one attached hydrogen (secondary N) is 1. The van der Waals surface area contributed by atoms with E-state index in [1.807, 2.05) is 0 Å². The Bertz CT molecular complexity index is 721. The summed E-state index contributed by atoms with van der Waals surface area (Å²) in [5.74, 6) is -1.96. The highest BCUT2D eigenvalue weighted by molar-refractivity contribution is 8.00. The predicted molar refractivity (Wildman–Crippen MR) is 122 cm³/mol. The van der Waals surface area contributed by atoms with Crippen LogP contribution in [0.25, 0.3) is 0 Å². The van der Waals surface area contributed by atoms with E-state index in [-0.39, 0.29) is 18.1 Å². The Hall–Kier alpha value is -2.02. The highest BCUT2D eigenvalue weighted by atomic mass is 32.2. The molecule has 0 aromatic rings. The van der Waals surface area contributed by atoms with Gasteiger partial charge in [0.05, 0.1) is 6.42 Å². The fourth-order valence-corrected chi connectivity index (χ4v) is 4.46. The highest BCUT2D eigenvalue weighted by Crippen LogP contribution is 2.46. The average molecular weight is 438 g/mol. The molecule has 1 aliphatic rings. The van der Waals surface area contributed by atoms with E-state index in [0.29, 0.717) is 12.2 Å². The molecule has 1 rings (SSSR count). The molecule has 0 heterocycles. The standard InChI is InChI=1S/C23H35NO5S/c1-16(2)7-5-8-17(3)9-6-10-18(4)13-14-30-19-15-23(19,22(28)29)24-20(25)11-12-21(26)27/h7,9,13,19H,5-6,8,10-12,14-15H2,1-4H3,(H,24,25)(H,26,27)(H,28,29)/b17-9+,18-13+. The molecule has 3 N–H and O–H groups in total. The largest absolute Gasteiger partial charge is 0.481 e. The first-order valence-electron chi connectivity index (χ1n) is 10.4. The van der Waals surface area contributed by atoms with E-state index in [9.17, 15) is 19.5 Å². The maximum Gasteiger partial charge on any atom is 0.330 e. The third kappa shape index (κ3) is 9.65. The Morgan fingerprint density at radius 3 is 2.10 bits per heavy atom. The summed E-state index contributed by atoms with van der Waals surface area (Å²) in [7, 11) is 0. The quantitative estimate of drug-likeness (QED) is 0.340. The van der Waals surface area contributed by atoms with Crippen molar-refractivity contribution in [2.24, 2.45) is 0 Å². The van der Waals surface area contributed by atoms with Crippen LogP contribution in [0.2, 0.25) is 0 Å². The molecule has 7 heteroatoms.